The number of alkyl halides is 3. The smallest absolute Gasteiger partial charge is 0.417 e. The predicted molar refractivity (Wildman–Crippen MR) is 54.7 cm³/mol. The van der Waals surface area contributed by atoms with E-state index in [0.717, 1.165) is 14.0 Å². The van der Waals surface area contributed by atoms with Crippen molar-refractivity contribution >= 4 is 11.5 Å². The third-order valence-corrected chi connectivity index (χ3v) is 2.20. The van der Waals surface area contributed by atoms with Gasteiger partial charge < -0.3 is 4.74 Å². The van der Waals surface area contributed by atoms with Gasteiger partial charge in [0.15, 0.2) is 5.78 Å². The van der Waals surface area contributed by atoms with E-state index in [2.05, 4.69) is 4.74 Å². The molecule has 0 spiro atoms. The van der Waals surface area contributed by atoms with Crippen LogP contribution in [0.15, 0.2) is 12.1 Å². The Morgan fingerprint density at radius 3 is 2.28 bits per heavy atom. The van der Waals surface area contributed by atoms with Crippen LogP contribution in [0.4, 0.5) is 18.9 Å². The average Bonchev–Trinajstić information content (AvgIpc) is 2.25. The summed E-state index contributed by atoms with van der Waals surface area (Å²) in [5, 5.41) is 10.6. The lowest BCUT2D eigenvalue weighted by atomic mass is 10.0. The van der Waals surface area contributed by atoms with Crippen LogP contribution in [0.2, 0.25) is 0 Å². The molecule has 0 aliphatic heterocycles. The number of halogens is 3. The molecule has 0 bridgehead atoms. The third kappa shape index (κ3) is 2.41. The van der Waals surface area contributed by atoms with Gasteiger partial charge in [-0.3, -0.25) is 14.9 Å². The van der Waals surface area contributed by atoms with Gasteiger partial charge in [0.2, 0.25) is 5.75 Å². The maximum Gasteiger partial charge on any atom is 0.417 e. The van der Waals surface area contributed by atoms with Crippen molar-refractivity contribution in [3.8, 4) is 5.75 Å². The van der Waals surface area contributed by atoms with Crippen LogP contribution in [0.3, 0.4) is 0 Å². The first-order valence-electron chi connectivity index (χ1n) is 4.63. The Kier molecular flexibility index (Phi) is 3.59. The second-order valence-corrected chi connectivity index (χ2v) is 3.35. The van der Waals surface area contributed by atoms with Gasteiger partial charge in [-0.25, -0.2) is 0 Å². The van der Waals surface area contributed by atoms with Gasteiger partial charge in [-0.05, 0) is 13.0 Å². The fourth-order valence-corrected chi connectivity index (χ4v) is 1.51. The van der Waals surface area contributed by atoms with Gasteiger partial charge in [-0.2, -0.15) is 13.2 Å². The summed E-state index contributed by atoms with van der Waals surface area (Å²) in [5.41, 5.74) is -2.77. The number of carbonyl (C=O) groups excluding carboxylic acids is 1. The van der Waals surface area contributed by atoms with E-state index in [0.29, 0.717) is 12.1 Å². The molecule has 0 saturated carbocycles. The number of nitro groups is 1. The van der Waals surface area contributed by atoms with Crippen LogP contribution in [-0.4, -0.2) is 17.8 Å². The minimum atomic E-state index is -4.79. The molecule has 0 unspecified atom stereocenters. The van der Waals surface area contributed by atoms with Crippen molar-refractivity contribution in [2.75, 3.05) is 7.11 Å². The van der Waals surface area contributed by atoms with Gasteiger partial charge in [0.05, 0.1) is 23.2 Å². The second kappa shape index (κ2) is 4.63. The van der Waals surface area contributed by atoms with Crippen LogP contribution in [0.25, 0.3) is 0 Å². The number of Topliss-reactive ketones (excluding diaryl/α,β-unsaturated/α-hetero) is 1. The fraction of sp³-hybridized carbons (Fsp3) is 0.300. The Labute approximate surface area is 99.3 Å². The van der Waals surface area contributed by atoms with E-state index in [9.17, 15) is 28.1 Å². The van der Waals surface area contributed by atoms with Crippen LogP contribution in [0.1, 0.15) is 22.8 Å². The molecule has 0 heterocycles. The summed E-state index contributed by atoms with van der Waals surface area (Å²) >= 11 is 0. The van der Waals surface area contributed by atoms with Crippen molar-refractivity contribution in [2.24, 2.45) is 0 Å². The van der Waals surface area contributed by atoms with E-state index < -0.39 is 39.4 Å². The maximum absolute atomic E-state index is 12.7. The Morgan fingerprint density at radius 2 is 1.94 bits per heavy atom. The number of nitro benzene ring substituents is 1. The Hall–Kier alpha value is -2.12. The number of hydrogen-bond acceptors (Lipinski definition) is 4. The summed E-state index contributed by atoms with van der Waals surface area (Å²) in [5.74, 6) is -1.63. The zero-order chi connectivity index (χ0) is 14.1. The number of carbonyl (C=O) groups is 1. The molecule has 0 aliphatic rings. The highest BCUT2D eigenvalue weighted by Crippen LogP contribution is 2.40. The van der Waals surface area contributed by atoms with E-state index in [-0.39, 0.29) is 0 Å². The average molecular weight is 263 g/mol. The van der Waals surface area contributed by atoms with Gasteiger partial charge in [0.1, 0.15) is 0 Å². The zero-order valence-corrected chi connectivity index (χ0v) is 9.37. The highest BCUT2D eigenvalue weighted by molar-refractivity contribution is 5.99. The largest absolute Gasteiger partial charge is 0.490 e. The van der Waals surface area contributed by atoms with Gasteiger partial charge in [0, 0.05) is 6.07 Å². The third-order valence-electron chi connectivity index (χ3n) is 2.20. The van der Waals surface area contributed by atoms with Crippen LogP contribution < -0.4 is 4.74 Å². The lowest BCUT2D eigenvalue weighted by Gasteiger charge is -2.14. The molecule has 0 N–H and O–H groups in total. The van der Waals surface area contributed by atoms with Crippen molar-refractivity contribution in [1.82, 2.24) is 0 Å². The Morgan fingerprint density at radius 1 is 1.39 bits per heavy atom. The second-order valence-electron chi connectivity index (χ2n) is 3.35. The van der Waals surface area contributed by atoms with Gasteiger partial charge in [0.25, 0.3) is 0 Å². The standard InChI is InChI=1S/C10H8F3NO4/c1-5(15)8-6(10(11,12)13)3-4-7(14(16)17)9(8)18-2/h3-4H,1-2H3. The topological polar surface area (TPSA) is 69.4 Å². The molecule has 0 saturated heterocycles. The quantitative estimate of drug-likeness (QED) is 0.477. The number of ether oxygens (including phenoxy) is 1. The van der Waals surface area contributed by atoms with Crippen molar-refractivity contribution in [3.05, 3.63) is 33.4 Å². The van der Waals surface area contributed by atoms with Crippen LogP contribution in [0.5, 0.6) is 5.75 Å². The minimum Gasteiger partial charge on any atom is -0.490 e. The molecule has 0 radical (unpaired) electrons. The molecule has 18 heavy (non-hydrogen) atoms. The molecule has 0 atom stereocenters. The molecule has 0 amide bonds. The number of nitrogens with zero attached hydrogens (tertiary/aromatic N) is 1. The van der Waals surface area contributed by atoms with Crippen molar-refractivity contribution < 1.29 is 27.6 Å². The molecule has 5 nitrogen and oxygen atoms in total. The molecule has 1 rings (SSSR count). The lowest BCUT2D eigenvalue weighted by Crippen LogP contribution is -2.14. The first-order chi connectivity index (χ1) is 8.20. The zero-order valence-electron chi connectivity index (χ0n) is 9.37. The van der Waals surface area contributed by atoms with E-state index >= 15 is 0 Å². The van der Waals surface area contributed by atoms with E-state index in [1.54, 1.807) is 0 Å². The van der Waals surface area contributed by atoms with Gasteiger partial charge in [-0.15, -0.1) is 0 Å². The Bertz CT molecular complexity index is 511. The minimum absolute atomic E-state index is 0.497. The predicted octanol–water partition coefficient (Wildman–Crippen LogP) is 2.82. The normalized spacial score (nSPS) is 11.2. The van der Waals surface area contributed by atoms with Crippen LogP contribution in [-0.2, 0) is 6.18 Å². The number of rotatable bonds is 3. The van der Waals surface area contributed by atoms with Crippen molar-refractivity contribution in [3.63, 3.8) is 0 Å². The summed E-state index contributed by atoms with van der Waals surface area (Å²) in [7, 11) is 0.967. The molecule has 0 aliphatic carbocycles. The summed E-state index contributed by atoms with van der Waals surface area (Å²) < 4.78 is 42.6. The highest BCUT2D eigenvalue weighted by Gasteiger charge is 2.38. The van der Waals surface area contributed by atoms with E-state index in [1.165, 1.54) is 0 Å². The number of benzene rings is 1. The Balaban J connectivity index is 3.70. The van der Waals surface area contributed by atoms with E-state index in [1.807, 2.05) is 0 Å². The van der Waals surface area contributed by atoms with Gasteiger partial charge in [-0.1, -0.05) is 0 Å². The first kappa shape index (κ1) is 13.9. The molecular weight excluding hydrogens is 255 g/mol. The number of methoxy groups -OCH3 is 1. The monoisotopic (exact) mass is 263 g/mol. The fourth-order valence-electron chi connectivity index (χ4n) is 1.51. The molecule has 8 heteroatoms. The summed E-state index contributed by atoms with van der Waals surface area (Å²) in [4.78, 5) is 21.0. The molecule has 0 fully saturated rings. The first-order valence-corrected chi connectivity index (χ1v) is 4.63. The van der Waals surface area contributed by atoms with Crippen molar-refractivity contribution in [1.29, 1.82) is 0 Å². The molecule has 1 aromatic rings. The summed E-state index contributed by atoms with van der Waals surface area (Å²) in [6.07, 6.45) is -4.79. The van der Waals surface area contributed by atoms with Crippen molar-refractivity contribution in [2.45, 2.75) is 13.1 Å². The maximum atomic E-state index is 12.7. The number of ketones is 1. The molecule has 98 valence electrons. The molecular formula is C10H8F3NO4. The SMILES string of the molecule is COc1c([N+](=O)[O-])ccc(C(F)(F)F)c1C(C)=O. The lowest BCUT2D eigenvalue weighted by molar-refractivity contribution is -0.385. The molecule has 1 aromatic carbocycles. The van der Waals surface area contributed by atoms with E-state index in [4.69, 9.17) is 0 Å². The summed E-state index contributed by atoms with van der Waals surface area (Å²) in [6, 6.07) is 1.16. The molecule has 0 aromatic heterocycles. The van der Waals surface area contributed by atoms with Crippen LogP contribution in [0, 0.1) is 10.1 Å². The number of hydrogen-bond donors (Lipinski definition) is 0. The highest BCUT2D eigenvalue weighted by atomic mass is 19.4. The van der Waals surface area contributed by atoms with Crippen LogP contribution >= 0.6 is 0 Å². The summed E-state index contributed by atoms with van der Waals surface area (Å²) in [6.45, 7) is 0.886. The van der Waals surface area contributed by atoms with Gasteiger partial charge >= 0.3 is 11.9 Å².